The lowest BCUT2D eigenvalue weighted by atomic mass is 9.85. The van der Waals surface area contributed by atoms with Crippen LogP contribution in [0.4, 0.5) is 27.0 Å². The van der Waals surface area contributed by atoms with Crippen molar-refractivity contribution < 1.29 is 4.39 Å². The topological polar surface area (TPSA) is 102 Å². The van der Waals surface area contributed by atoms with Gasteiger partial charge in [0.05, 0.1) is 6.20 Å². The summed E-state index contributed by atoms with van der Waals surface area (Å²) in [7, 11) is 0. The number of anilines is 3. The highest BCUT2D eigenvalue weighted by Crippen LogP contribution is 2.55. The summed E-state index contributed by atoms with van der Waals surface area (Å²) in [5.41, 5.74) is 7.73. The van der Waals surface area contributed by atoms with Crippen molar-refractivity contribution in [3.63, 3.8) is 0 Å². The number of fused-ring (bicyclic) bond motifs is 1. The molecule has 2 aliphatic carbocycles. The van der Waals surface area contributed by atoms with Crippen LogP contribution in [0.3, 0.4) is 0 Å². The number of nitrogens with zero attached hydrogens (tertiary/aromatic N) is 5. The number of thiazole rings is 1. The zero-order valence-corrected chi connectivity index (χ0v) is 15.4. The number of hydrogen-bond acceptors (Lipinski definition) is 8. The molecule has 5 rings (SSSR count). The molecule has 0 bridgehead atoms. The number of nitrogens with two attached hydrogens (primary N) is 1. The Labute approximate surface area is 159 Å². The minimum atomic E-state index is -0.457. The molecule has 138 valence electrons. The highest BCUT2D eigenvalue weighted by Gasteiger charge is 2.43. The molecular weight excluding hydrogens is 365 g/mol. The van der Waals surface area contributed by atoms with Crippen molar-refractivity contribution in [1.29, 1.82) is 0 Å². The molecule has 2 fully saturated rings. The van der Waals surface area contributed by atoms with Gasteiger partial charge in [0.2, 0.25) is 5.13 Å². The van der Waals surface area contributed by atoms with Crippen LogP contribution in [0.25, 0.3) is 10.2 Å². The van der Waals surface area contributed by atoms with Crippen molar-refractivity contribution in [2.24, 2.45) is 10.4 Å². The first kappa shape index (κ1) is 16.5. The highest BCUT2D eigenvalue weighted by molar-refractivity contribution is 7.22. The van der Waals surface area contributed by atoms with E-state index in [2.05, 4.69) is 25.3 Å². The van der Waals surface area contributed by atoms with E-state index in [4.69, 9.17) is 10.7 Å². The maximum atomic E-state index is 14.2. The second-order valence-corrected chi connectivity index (χ2v) is 8.24. The maximum Gasteiger partial charge on any atom is 0.210 e. The summed E-state index contributed by atoms with van der Waals surface area (Å²) in [6.45, 7) is 0. The van der Waals surface area contributed by atoms with E-state index < -0.39 is 5.82 Å². The van der Waals surface area contributed by atoms with Gasteiger partial charge in [-0.05, 0) is 43.9 Å². The van der Waals surface area contributed by atoms with Gasteiger partial charge in [0.25, 0.3) is 0 Å². The Bertz CT molecular complexity index is 1050. The molecule has 0 amide bonds. The Morgan fingerprint density at radius 1 is 1.15 bits per heavy atom. The Balaban J connectivity index is 1.46. The lowest BCUT2D eigenvalue weighted by Gasteiger charge is -2.21. The number of aromatic nitrogens is 4. The van der Waals surface area contributed by atoms with Gasteiger partial charge in [-0.1, -0.05) is 11.3 Å². The van der Waals surface area contributed by atoms with Crippen LogP contribution < -0.4 is 11.1 Å². The molecule has 2 saturated carbocycles. The van der Waals surface area contributed by atoms with Crippen LogP contribution in [0.2, 0.25) is 0 Å². The smallest absolute Gasteiger partial charge is 0.210 e. The summed E-state index contributed by atoms with van der Waals surface area (Å²) in [6, 6.07) is 1.59. The van der Waals surface area contributed by atoms with E-state index in [1.807, 2.05) is 0 Å². The first-order valence-corrected chi connectivity index (χ1v) is 9.78. The largest absolute Gasteiger partial charge is 0.384 e. The third-order valence-electron chi connectivity index (χ3n) is 5.40. The normalized spacial score (nSPS) is 18.0. The summed E-state index contributed by atoms with van der Waals surface area (Å²) < 4.78 is 14.8. The van der Waals surface area contributed by atoms with E-state index in [0.717, 1.165) is 24.8 Å². The first-order valence-electron chi connectivity index (χ1n) is 8.96. The Morgan fingerprint density at radius 3 is 2.70 bits per heavy atom. The van der Waals surface area contributed by atoms with E-state index in [1.165, 1.54) is 43.3 Å². The van der Waals surface area contributed by atoms with Crippen molar-refractivity contribution >= 4 is 49.9 Å². The van der Waals surface area contributed by atoms with Gasteiger partial charge in [0.15, 0.2) is 11.6 Å². The zero-order valence-electron chi connectivity index (χ0n) is 14.6. The molecular formula is C18H18FN7S. The molecule has 0 radical (unpaired) electrons. The molecule has 1 spiro atoms. The minimum Gasteiger partial charge on any atom is -0.384 e. The number of nitrogens with one attached hydrogen (secondary N) is 1. The number of rotatable bonds is 3. The van der Waals surface area contributed by atoms with Crippen LogP contribution in [0.1, 0.15) is 38.5 Å². The van der Waals surface area contributed by atoms with Crippen molar-refractivity contribution in [2.75, 3.05) is 11.1 Å². The summed E-state index contributed by atoms with van der Waals surface area (Å²) in [4.78, 5) is 21.2. The molecule has 3 N–H and O–H groups in total. The van der Waals surface area contributed by atoms with Crippen molar-refractivity contribution in [3.8, 4) is 0 Å². The average molecular weight is 383 g/mol. The fraction of sp³-hybridized carbons (Fsp3) is 0.389. The second-order valence-electron chi connectivity index (χ2n) is 7.26. The van der Waals surface area contributed by atoms with Gasteiger partial charge >= 0.3 is 0 Å². The van der Waals surface area contributed by atoms with Crippen molar-refractivity contribution in [3.05, 3.63) is 24.4 Å². The molecule has 0 saturated heterocycles. The summed E-state index contributed by atoms with van der Waals surface area (Å²) in [5, 5.41) is 3.64. The quantitative estimate of drug-likeness (QED) is 0.696. The molecule has 2 aliphatic rings. The van der Waals surface area contributed by atoms with Gasteiger partial charge < -0.3 is 11.1 Å². The highest BCUT2D eigenvalue weighted by atomic mass is 32.1. The number of aliphatic imine (C=N–C) groups is 1. The zero-order chi connectivity index (χ0) is 18.4. The van der Waals surface area contributed by atoms with E-state index in [-0.39, 0.29) is 5.52 Å². The second kappa shape index (κ2) is 6.19. The molecule has 0 aromatic carbocycles. The third kappa shape index (κ3) is 3.23. The van der Waals surface area contributed by atoms with Crippen LogP contribution in [0.5, 0.6) is 0 Å². The molecule has 7 nitrogen and oxygen atoms in total. The summed E-state index contributed by atoms with van der Waals surface area (Å²) in [5.74, 6) is 0.856. The first-order chi connectivity index (χ1) is 13.1. The summed E-state index contributed by atoms with van der Waals surface area (Å²) >= 11 is 1.33. The average Bonchev–Trinajstić information content (AvgIpc) is 3.27. The fourth-order valence-corrected chi connectivity index (χ4v) is 4.50. The van der Waals surface area contributed by atoms with Gasteiger partial charge in [-0.15, -0.1) is 0 Å². The standard InChI is InChI=1S/C18H18FN7S/c19-11-8-21-16(25-13-7-12(20)22-9-23-13)15-14(11)26-17(27-15)24-10-1-3-18(4-2-10)5-6-18/h7-9H,1-6H2,(H3,20,21,22,23,25). The molecule has 0 aliphatic heterocycles. The molecule has 0 unspecified atom stereocenters. The number of nitrogen functional groups attached to an aromatic ring is 1. The van der Waals surface area contributed by atoms with Crippen LogP contribution in [0.15, 0.2) is 23.6 Å². The van der Waals surface area contributed by atoms with Gasteiger partial charge in [0.1, 0.15) is 28.2 Å². The molecule has 27 heavy (non-hydrogen) atoms. The van der Waals surface area contributed by atoms with Gasteiger partial charge in [-0.25, -0.2) is 29.3 Å². The van der Waals surface area contributed by atoms with Gasteiger partial charge in [0, 0.05) is 11.8 Å². The van der Waals surface area contributed by atoms with E-state index in [9.17, 15) is 4.39 Å². The lowest BCUT2D eigenvalue weighted by molar-refractivity contribution is 0.421. The van der Waals surface area contributed by atoms with Crippen LogP contribution in [0, 0.1) is 11.2 Å². The molecule has 3 aromatic rings. The predicted octanol–water partition coefficient (Wildman–Crippen LogP) is 4.37. The Hall–Kier alpha value is -2.68. The lowest BCUT2D eigenvalue weighted by Crippen LogP contribution is -2.14. The van der Waals surface area contributed by atoms with E-state index in [0.29, 0.717) is 32.7 Å². The minimum absolute atomic E-state index is 0.272. The van der Waals surface area contributed by atoms with Crippen LogP contribution in [-0.2, 0) is 0 Å². The molecule has 9 heteroatoms. The van der Waals surface area contributed by atoms with Crippen molar-refractivity contribution in [1.82, 2.24) is 19.9 Å². The molecule has 0 atom stereocenters. The van der Waals surface area contributed by atoms with E-state index >= 15 is 0 Å². The fourth-order valence-electron chi connectivity index (χ4n) is 3.56. The summed E-state index contributed by atoms with van der Waals surface area (Å²) in [6.07, 6.45) is 9.70. The van der Waals surface area contributed by atoms with Crippen LogP contribution >= 0.6 is 11.3 Å². The maximum absolute atomic E-state index is 14.2. The van der Waals surface area contributed by atoms with E-state index in [1.54, 1.807) is 6.07 Å². The Kier molecular flexibility index (Phi) is 3.78. The SMILES string of the molecule is Nc1cc(Nc2ncc(F)c3nc(N=C4CCC5(CC4)CC5)sc23)ncn1. The number of hydrogen-bond donors (Lipinski definition) is 2. The molecule has 3 aromatic heterocycles. The van der Waals surface area contributed by atoms with Crippen LogP contribution in [-0.4, -0.2) is 25.6 Å². The van der Waals surface area contributed by atoms with Gasteiger partial charge in [-0.2, -0.15) is 0 Å². The molecule has 3 heterocycles. The van der Waals surface area contributed by atoms with Crippen molar-refractivity contribution in [2.45, 2.75) is 38.5 Å². The predicted molar refractivity (Wildman–Crippen MR) is 104 cm³/mol. The number of halogens is 1. The van der Waals surface area contributed by atoms with Gasteiger partial charge in [-0.3, -0.25) is 0 Å². The monoisotopic (exact) mass is 383 g/mol. The Morgan fingerprint density at radius 2 is 1.96 bits per heavy atom. The number of pyridine rings is 1. The third-order valence-corrected chi connectivity index (χ3v) is 6.35.